The van der Waals surface area contributed by atoms with Gasteiger partial charge in [-0.25, -0.2) is 4.98 Å². The number of carbonyl (C=O) groups is 1. The van der Waals surface area contributed by atoms with Gasteiger partial charge in [0.25, 0.3) is 11.5 Å². The minimum absolute atomic E-state index is 0.0961. The van der Waals surface area contributed by atoms with E-state index in [-0.39, 0.29) is 17.3 Å². The lowest BCUT2D eigenvalue weighted by atomic mass is 10.2. The lowest BCUT2D eigenvalue weighted by Crippen LogP contribution is -2.29. The van der Waals surface area contributed by atoms with Gasteiger partial charge in [0.05, 0.1) is 5.39 Å². The average molecular weight is 340 g/mol. The molecule has 0 unspecified atom stereocenters. The highest BCUT2D eigenvalue weighted by Gasteiger charge is 2.23. The Morgan fingerprint density at radius 3 is 3.08 bits per heavy atom. The molecule has 3 aromatic heterocycles. The van der Waals surface area contributed by atoms with Crippen LogP contribution in [0.25, 0.3) is 10.2 Å². The maximum absolute atomic E-state index is 12.6. The van der Waals surface area contributed by atoms with E-state index in [1.807, 2.05) is 12.1 Å². The molecule has 0 fully saturated rings. The smallest absolute Gasteiger partial charge is 0.289 e. The average Bonchev–Trinajstić information content (AvgIpc) is 3.15. The van der Waals surface area contributed by atoms with Crippen LogP contribution in [0.4, 0.5) is 0 Å². The summed E-state index contributed by atoms with van der Waals surface area (Å²) in [6.45, 7) is 0.412. The van der Waals surface area contributed by atoms with Crippen LogP contribution in [-0.2, 0) is 19.4 Å². The second kappa shape index (κ2) is 5.83. The van der Waals surface area contributed by atoms with Crippen LogP contribution in [0.1, 0.15) is 33.0 Å². The van der Waals surface area contributed by atoms with Crippen molar-refractivity contribution in [2.45, 2.75) is 25.8 Å². The first-order valence-electron chi connectivity index (χ1n) is 7.82. The zero-order valence-corrected chi connectivity index (χ0v) is 14.0. The fourth-order valence-corrected chi connectivity index (χ4v) is 4.38. The summed E-state index contributed by atoms with van der Waals surface area (Å²) < 4.78 is 0. The zero-order chi connectivity index (χ0) is 16.7. The quantitative estimate of drug-likeness (QED) is 0.792. The first-order chi connectivity index (χ1) is 11.6. The minimum atomic E-state index is -0.300. The molecule has 122 valence electrons. The molecular formula is C17H16N4O2S. The van der Waals surface area contributed by atoms with E-state index in [1.54, 1.807) is 19.4 Å². The van der Waals surface area contributed by atoms with Gasteiger partial charge in [0.2, 0.25) is 5.82 Å². The monoisotopic (exact) mass is 340 g/mol. The normalized spacial score (nSPS) is 13.2. The van der Waals surface area contributed by atoms with Crippen LogP contribution < -0.4 is 5.56 Å². The highest BCUT2D eigenvalue weighted by Crippen LogP contribution is 2.34. The fraction of sp³-hybridized carbons (Fsp3) is 0.294. The predicted molar refractivity (Wildman–Crippen MR) is 92.3 cm³/mol. The molecule has 7 heteroatoms. The number of carbonyl (C=O) groups excluding carboxylic acids is 1. The van der Waals surface area contributed by atoms with E-state index in [4.69, 9.17) is 0 Å². The topological polar surface area (TPSA) is 79.0 Å². The Labute approximate surface area is 142 Å². The number of aryl methyl sites for hydroxylation is 2. The Morgan fingerprint density at radius 1 is 1.42 bits per heavy atom. The van der Waals surface area contributed by atoms with Gasteiger partial charge in [-0.15, -0.1) is 11.3 Å². The third-order valence-electron chi connectivity index (χ3n) is 4.27. The SMILES string of the molecule is CN(Cc1cccnc1)C(=O)c1nc2sc3c(c2c(=O)[nH]1)CCC3. The van der Waals surface area contributed by atoms with E-state index in [0.717, 1.165) is 30.4 Å². The summed E-state index contributed by atoms with van der Waals surface area (Å²) >= 11 is 1.54. The van der Waals surface area contributed by atoms with Gasteiger partial charge in [0.15, 0.2) is 0 Å². The number of amides is 1. The molecule has 0 bridgehead atoms. The number of pyridine rings is 1. The van der Waals surface area contributed by atoms with E-state index in [2.05, 4.69) is 15.0 Å². The summed E-state index contributed by atoms with van der Waals surface area (Å²) in [6, 6.07) is 3.73. The first-order valence-corrected chi connectivity index (χ1v) is 8.64. The van der Waals surface area contributed by atoms with Crippen molar-refractivity contribution < 1.29 is 4.79 Å². The van der Waals surface area contributed by atoms with Gasteiger partial charge in [-0.1, -0.05) is 6.07 Å². The Balaban J connectivity index is 1.66. The fourth-order valence-electron chi connectivity index (χ4n) is 3.12. The van der Waals surface area contributed by atoms with Crippen molar-refractivity contribution in [3.05, 3.63) is 56.7 Å². The second-order valence-corrected chi connectivity index (χ2v) is 7.06. The lowest BCUT2D eigenvalue weighted by molar-refractivity contribution is 0.0773. The molecule has 1 amide bonds. The molecule has 6 nitrogen and oxygen atoms in total. The number of fused-ring (bicyclic) bond motifs is 3. The van der Waals surface area contributed by atoms with Crippen LogP contribution in [0, 0.1) is 0 Å². The molecule has 0 aromatic carbocycles. The summed E-state index contributed by atoms with van der Waals surface area (Å²) in [6.07, 6.45) is 6.42. The number of aromatic amines is 1. The van der Waals surface area contributed by atoms with E-state index >= 15 is 0 Å². The zero-order valence-electron chi connectivity index (χ0n) is 13.2. The van der Waals surface area contributed by atoms with Gasteiger partial charge in [0, 0.05) is 30.9 Å². The van der Waals surface area contributed by atoms with Crippen LogP contribution in [0.2, 0.25) is 0 Å². The summed E-state index contributed by atoms with van der Waals surface area (Å²) in [5.41, 5.74) is 1.83. The summed E-state index contributed by atoms with van der Waals surface area (Å²) in [5.74, 6) is -0.203. The van der Waals surface area contributed by atoms with E-state index < -0.39 is 0 Å². The number of thiophene rings is 1. The number of aromatic nitrogens is 3. The molecule has 1 aliphatic rings. The first kappa shape index (κ1) is 15.0. The van der Waals surface area contributed by atoms with E-state index in [9.17, 15) is 9.59 Å². The molecule has 3 aromatic rings. The van der Waals surface area contributed by atoms with Gasteiger partial charge in [0.1, 0.15) is 4.83 Å². The van der Waals surface area contributed by atoms with Gasteiger partial charge in [-0.05, 0) is 36.5 Å². The van der Waals surface area contributed by atoms with Crippen molar-refractivity contribution in [3.8, 4) is 0 Å². The number of hydrogen-bond donors (Lipinski definition) is 1. The summed E-state index contributed by atoms with van der Waals surface area (Å²) in [7, 11) is 1.69. The highest BCUT2D eigenvalue weighted by atomic mass is 32.1. The van der Waals surface area contributed by atoms with Crippen LogP contribution >= 0.6 is 11.3 Å². The van der Waals surface area contributed by atoms with Crippen molar-refractivity contribution in [3.63, 3.8) is 0 Å². The summed E-state index contributed by atoms with van der Waals surface area (Å²) in [4.78, 5) is 39.6. The van der Waals surface area contributed by atoms with Crippen LogP contribution in [0.15, 0.2) is 29.3 Å². The van der Waals surface area contributed by atoms with Crippen molar-refractivity contribution in [1.29, 1.82) is 0 Å². The molecule has 0 radical (unpaired) electrons. The van der Waals surface area contributed by atoms with Crippen molar-refractivity contribution in [2.75, 3.05) is 7.05 Å². The largest absolute Gasteiger partial charge is 0.335 e. The standard InChI is InChI=1S/C17H16N4O2S/c1-21(9-10-4-3-7-18-8-10)17(23)14-19-15(22)13-11-5-2-6-12(11)24-16(13)20-14/h3-4,7-8H,2,5-6,9H2,1H3,(H,19,20,22). The van der Waals surface area contributed by atoms with E-state index in [0.29, 0.717) is 16.8 Å². The second-order valence-electron chi connectivity index (χ2n) is 5.97. The van der Waals surface area contributed by atoms with Crippen molar-refractivity contribution in [1.82, 2.24) is 19.9 Å². The minimum Gasteiger partial charge on any atom is -0.335 e. The number of nitrogens with one attached hydrogen (secondary N) is 1. The molecule has 0 spiro atoms. The lowest BCUT2D eigenvalue weighted by Gasteiger charge is -2.16. The third-order valence-corrected chi connectivity index (χ3v) is 5.45. The molecular weight excluding hydrogens is 324 g/mol. The predicted octanol–water partition coefficient (Wildman–Crippen LogP) is 2.14. The van der Waals surface area contributed by atoms with Crippen molar-refractivity contribution in [2.24, 2.45) is 0 Å². The molecule has 0 saturated heterocycles. The number of H-pyrrole nitrogens is 1. The van der Waals surface area contributed by atoms with Crippen LogP contribution in [0.5, 0.6) is 0 Å². The van der Waals surface area contributed by atoms with E-state index in [1.165, 1.54) is 21.1 Å². The molecule has 0 aliphatic heterocycles. The number of hydrogen-bond acceptors (Lipinski definition) is 5. The van der Waals surface area contributed by atoms with Gasteiger partial charge < -0.3 is 9.88 Å². The van der Waals surface area contributed by atoms with Crippen LogP contribution in [-0.4, -0.2) is 32.8 Å². The van der Waals surface area contributed by atoms with Gasteiger partial charge in [-0.3, -0.25) is 14.6 Å². The molecule has 0 atom stereocenters. The highest BCUT2D eigenvalue weighted by molar-refractivity contribution is 7.18. The Morgan fingerprint density at radius 2 is 2.29 bits per heavy atom. The molecule has 0 saturated carbocycles. The summed E-state index contributed by atoms with van der Waals surface area (Å²) in [5, 5.41) is 0.666. The number of nitrogens with zero attached hydrogens (tertiary/aromatic N) is 3. The maximum atomic E-state index is 12.6. The molecule has 3 heterocycles. The maximum Gasteiger partial charge on any atom is 0.289 e. The van der Waals surface area contributed by atoms with Crippen molar-refractivity contribution >= 4 is 27.5 Å². The van der Waals surface area contributed by atoms with Gasteiger partial charge in [-0.2, -0.15) is 0 Å². The van der Waals surface area contributed by atoms with Gasteiger partial charge >= 0.3 is 0 Å². The Kier molecular flexibility index (Phi) is 3.65. The molecule has 4 rings (SSSR count). The molecule has 1 N–H and O–H groups in total. The third kappa shape index (κ3) is 2.50. The number of rotatable bonds is 3. The van der Waals surface area contributed by atoms with Crippen LogP contribution in [0.3, 0.4) is 0 Å². The molecule has 24 heavy (non-hydrogen) atoms. The molecule has 1 aliphatic carbocycles. The Hall–Kier alpha value is -2.54. The Bertz CT molecular complexity index is 977.